The van der Waals surface area contributed by atoms with E-state index in [0.29, 0.717) is 6.17 Å². The third-order valence-electron chi connectivity index (χ3n) is 6.31. The van der Waals surface area contributed by atoms with Gasteiger partial charge in [-0.3, -0.25) is 0 Å². The molecule has 0 amide bonds. The summed E-state index contributed by atoms with van der Waals surface area (Å²) < 4.78 is 0. The number of unbranched alkanes of at least 4 members (excludes halogenated alkanes) is 13. The zero-order valence-corrected chi connectivity index (χ0v) is 19.3. The fourth-order valence-corrected chi connectivity index (χ4v) is 4.52. The van der Waals surface area contributed by atoms with Crippen LogP contribution in [0.3, 0.4) is 0 Å². The number of para-hydroxylation sites is 1. The summed E-state index contributed by atoms with van der Waals surface area (Å²) in [6, 6.07) is 10.8. The van der Waals surface area contributed by atoms with Crippen LogP contribution in [0.1, 0.15) is 110 Å². The summed E-state index contributed by atoms with van der Waals surface area (Å²) in [6.45, 7) is 5.78. The molecule has 1 unspecified atom stereocenters. The zero-order chi connectivity index (χ0) is 20.6. The van der Waals surface area contributed by atoms with Crippen LogP contribution in [0.2, 0.25) is 0 Å². The van der Waals surface area contributed by atoms with E-state index in [1.165, 1.54) is 102 Å². The Kier molecular flexibility index (Phi) is 12.7. The Hall–Kier alpha value is -1.44. The number of benzene rings is 1. The third kappa shape index (κ3) is 9.28. The smallest absolute Gasteiger partial charge is 0.105 e. The molecule has 0 saturated carbocycles. The molecule has 1 aliphatic rings. The zero-order valence-electron chi connectivity index (χ0n) is 19.3. The van der Waals surface area contributed by atoms with Gasteiger partial charge in [-0.25, -0.2) is 0 Å². The SMILES string of the molecule is CCCCCCCCCCCCCCCCN1C=CN(c2ccccc2)C1CC. The number of hydrogen-bond donors (Lipinski definition) is 0. The quantitative estimate of drug-likeness (QED) is 0.243. The van der Waals surface area contributed by atoms with Crippen molar-refractivity contribution in [1.29, 1.82) is 0 Å². The van der Waals surface area contributed by atoms with Crippen LogP contribution < -0.4 is 4.90 Å². The average Bonchev–Trinajstić information content (AvgIpc) is 3.17. The molecule has 0 N–H and O–H groups in total. The van der Waals surface area contributed by atoms with Crippen LogP contribution in [-0.2, 0) is 0 Å². The van der Waals surface area contributed by atoms with Crippen LogP contribution in [0, 0.1) is 0 Å². The molecule has 1 aromatic rings. The Bertz CT molecular complexity index is 525. The van der Waals surface area contributed by atoms with E-state index in [0.717, 1.165) is 6.42 Å². The van der Waals surface area contributed by atoms with E-state index in [1.54, 1.807) is 0 Å². The Morgan fingerprint density at radius 1 is 0.621 bits per heavy atom. The minimum absolute atomic E-state index is 0.486. The van der Waals surface area contributed by atoms with Gasteiger partial charge in [-0.2, -0.15) is 0 Å². The van der Waals surface area contributed by atoms with Crippen molar-refractivity contribution >= 4 is 5.69 Å². The first kappa shape index (κ1) is 23.8. The van der Waals surface area contributed by atoms with Crippen molar-refractivity contribution in [3.8, 4) is 0 Å². The Labute approximate surface area is 181 Å². The molecule has 1 aromatic carbocycles. The van der Waals surface area contributed by atoms with E-state index in [-0.39, 0.29) is 0 Å². The molecule has 0 spiro atoms. The average molecular weight is 399 g/mol. The molecular weight excluding hydrogens is 352 g/mol. The molecule has 0 aromatic heterocycles. The monoisotopic (exact) mass is 398 g/mol. The molecule has 0 aliphatic carbocycles. The third-order valence-corrected chi connectivity index (χ3v) is 6.31. The van der Waals surface area contributed by atoms with Crippen molar-refractivity contribution in [2.45, 2.75) is 116 Å². The summed E-state index contributed by atoms with van der Waals surface area (Å²) in [5.41, 5.74) is 1.30. The lowest BCUT2D eigenvalue weighted by Crippen LogP contribution is -2.38. The van der Waals surface area contributed by atoms with Crippen molar-refractivity contribution < 1.29 is 0 Å². The van der Waals surface area contributed by atoms with E-state index >= 15 is 0 Å². The van der Waals surface area contributed by atoms with E-state index in [9.17, 15) is 0 Å². The molecule has 2 nitrogen and oxygen atoms in total. The molecule has 2 rings (SSSR count). The molecule has 2 heteroatoms. The highest BCUT2D eigenvalue weighted by Crippen LogP contribution is 2.26. The van der Waals surface area contributed by atoms with Gasteiger partial charge in [0.05, 0.1) is 0 Å². The first-order valence-corrected chi connectivity index (χ1v) is 12.6. The maximum Gasteiger partial charge on any atom is 0.105 e. The van der Waals surface area contributed by atoms with Gasteiger partial charge in [0.25, 0.3) is 0 Å². The fourth-order valence-electron chi connectivity index (χ4n) is 4.52. The topological polar surface area (TPSA) is 6.48 Å². The van der Waals surface area contributed by atoms with E-state index < -0.39 is 0 Å². The molecule has 0 radical (unpaired) electrons. The van der Waals surface area contributed by atoms with Crippen molar-refractivity contribution in [1.82, 2.24) is 4.90 Å². The summed E-state index contributed by atoms with van der Waals surface area (Å²) in [5.74, 6) is 0. The summed E-state index contributed by atoms with van der Waals surface area (Å²) in [6.07, 6.45) is 26.2. The van der Waals surface area contributed by atoms with Crippen molar-refractivity contribution in [2.24, 2.45) is 0 Å². The van der Waals surface area contributed by atoms with Gasteiger partial charge >= 0.3 is 0 Å². The Morgan fingerprint density at radius 2 is 1.14 bits per heavy atom. The second-order valence-electron chi connectivity index (χ2n) is 8.76. The lowest BCUT2D eigenvalue weighted by molar-refractivity contribution is 0.285. The van der Waals surface area contributed by atoms with Gasteiger partial charge in [0.2, 0.25) is 0 Å². The molecule has 164 valence electrons. The highest BCUT2D eigenvalue weighted by Gasteiger charge is 2.24. The van der Waals surface area contributed by atoms with E-state index in [1.807, 2.05) is 0 Å². The second kappa shape index (κ2) is 15.4. The van der Waals surface area contributed by atoms with Crippen LogP contribution in [0.4, 0.5) is 5.69 Å². The maximum absolute atomic E-state index is 2.54. The minimum Gasteiger partial charge on any atom is -0.356 e. The highest BCUT2D eigenvalue weighted by molar-refractivity contribution is 5.51. The molecule has 0 saturated heterocycles. The summed E-state index contributed by atoms with van der Waals surface area (Å²) in [7, 11) is 0. The highest BCUT2D eigenvalue weighted by atomic mass is 15.4. The Balaban J connectivity index is 1.44. The van der Waals surface area contributed by atoms with E-state index in [4.69, 9.17) is 0 Å². The fraction of sp³-hybridized carbons (Fsp3) is 0.704. The van der Waals surface area contributed by atoms with Gasteiger partial charge in [0.15, 0.2) is 0 Å². The second-order valence-corrected chi connectivity index (χ2v) is 8.76. The predicted octanol–water partition coefficient (Wildman–Crippen LogP) is 8.50. The largest absolute Gasteiger partial charge is 0.356 e. The number of nitrogens with zero attached hydrogens (tertiary/aromatic N) is 2. The summed E-state index contributed by atoms with van der Waals surface area (Å²) >= 11 is 0. The van der Waals surface area contributed by atoms with Gasteiger partial charge in [0, 0.05) is 24.6 Å². The summed E-state index contributed by atoms with van der Waals surface area (Å²) in [4.78, 5) is 4.96. The Morgan fingerprint density at radius 3 is 1.66 bits per heavy atom. The molecule has 1 atom stereocenters. The molecule has 1 aliphatic heterocycles. The lowest BCUT2D eigenvalue weighted by atomic mass is 10.0. The predicted molar refractivity (Wildman–Crippen MR) is 129 cm³/mol. The van der Waals surface area contributed by atoms with Crippen LogP contribution in [-0.4, -0.2) is 17.6 Å². The van der Waals surface area contributed by atoms with Gasteiger partial charge in [0.1, 0.15) is 6.17 Å². The van der Waals surface area contributed by atoms with Crippen molar-refractivity contribution in [3.05, 3.63) is 42.7 Å². The molecule has 0 fully saturated rings. The van der Waals surface area contributed by atoms with Gasteiger partial charge < -0.3 is 9.80 Å². The van der Waals surface area contributed by atoms with Gasteiger partial charge in [-0.15, -0.1) is 0 Å². The van der Waals surface area contributed by atoms with Crippen LogP contribution in [0.25, 0.3) is 0 Å². The summed E-state index contributed by atoms with van der Waals surface area (Å²) in [5, 5.41) is 0. The van der Waals surface area contributed by atoms with Gasteiger partial charge in [-0.1, -0.05) is 116 Å². The van der Waals surface area contributed by atoms with Gasteiger partial charge in [-0.05, 0) is 25.0 Å². The number of anilines is 1. The molecular formula is C27H46N2. The van der Waals surface area contributed by atoms with Crippen LogP contribution in [0.15, 0.2) is 42.7 Å². The molecule has 29 heavy (non-hydrogen) atoms. The maximum atomic E-state index is 2.54. The molecule has 1 heterocycles. The first-order chi connectivity index (χ1) is 14.4. The van der Waals surface area contributed by atoms with Crippen LogP contribution >= 0.6 is 0 Å². The first-order valence-electron chi connectivity index (χ1n) is 12.6. The normalized spacial score (nSPS) is 16.1. The standard InChI is InChI=1S/C27H46N2/c1-3-5-6-7-8-9-10-11-12-13-14-15-16-20-23-28-24-25-29(27(28)4-2)26-21-18-17-19-22-26/h17-19,21-22,24-25,27H,3-16,20,23H2,1-2H3. The van der Waals surface area contributed by atoms with Crippen molar-refractivity contribution in [3.63, 3.8) is 0 Å². The molecule has 0 bridgehead atoms. The minimum atomic E-state index is 0.486. The van der Waals surface area contributed by atoms with Crippen molar-refractivity contribution in [2.75, 3.05) is 11.4 Å². The lowest BCUT2D eigenvalue weighted by Gasteiger charge is -2.32. The van der Waals surface area contributed by atoms with E-state index in [2.05, 4.69) is 66.4 Å². The number of rotatable bonds is 17. The van der Waals surface area contributed by atoms with Crippen LogP contribution in [0.5, 0.6) is 0 Å². The number of hydrogen-bond acceptors (Lipinski definition) is 2.